The van der Waals surface area contributed by atoms with Crippen LogP contribution >= 0.6 is 0 Å². The Morgan fingerprint density at radius 1 is 1.00 bits per heavy atom. The summed E-state index contributed by atoms with van der Waals surface area (Å²) in [4.78, 5) is 25.6. The Morgan fingerprint density at radius 3 is 2.62 bits per heavy atom. The summed E-state index contributed by atoms with van der Waals surface area (Å²) in [5.74, 6) is 5.19. The minimum absolute atomic E-state index is 0.0864. The van der Waals surface area contributed by atoms with Crippen molar-refractivity contribution < 1.29 is 18.7 Å². The normalized spacial score (nSPS) is 33.5. The van der Waals surface area contributed by atoms with Crippen LogP contribution in [-0.2, 0) is 22.4 Å². The predicted octanol–water partition coefficient (Wildman–Crippen LogP) is 9.92. The number of allylic oxidation sites excluding steroid dienone is 1. The van der Waals surface area contributed by atoms with Crippen LogP contribution in [0, 0.1) is 53.3 Å². The molecule has 0 bridgehead atoms. The van der Waals surface area contributed by atoms with Crippen LogP contribution in [0.1, 0.15) is 128 Å². The molecule has 1 aromatic carbocycles. The zero-order chi connectivity index (χ0) is 33.1. The fourth-order valence-corrected chi connectivity index (χ4v) is 11.7. The number of rotatable bonds is 9. The second-order valence-corrected chi connectivity index (χ2v) is 17.2. The third kappa shape index (κ3) is 5.80. The first kappa shape index (κ1) is 33.0. The highest BCUT2D eigenvalue weighted by atomic mass is 16.6. The Morgan fingerprint density at radius 2 is 1.81 bits per heavy atom. The Balaban J connectivity index is 0.966. The number of carbonyl (C=O) groups is 1. The average Bonchev–Trinajstić information content (AvgIpc) is 3.67. The molecule has 0 amide bonds. The molecule has 7 rings (SSSR count). The molecule has 5 heteroatoms. The summed E-state index contributed by atoms with van der Waals surface area (Å²) >= 11 is 0. The molecule has 5 aliphatic carbocycles. The lowest BCUT2D eigenvalue weighted by atomic mass is 9.47. The van der Waals surface area contributed by atoms with Crippen LogP contribution in [0.3, 0.4) is 0 Å². The van der Waals surface area contributed by atoms with E-state index in [0.29, 0.717) is 16.7 Å². The summed E-state index contributed by atoms with van der Waals surface area (Å²) in [6.45, 7) is 14.2. The van der Waals surface area contributed by atoms with Crippen molar-refractivity contribution in [2.24, 2.45) is 46.3 Å². The SMILES string of the molecule is Cc1c(OCC(=O)O[C@H]2CC[C@@]3(C)C(=CC[C@@H]4[C@H]3CC[C@]3(C)[C@@H]([C@H](C)CCCC(C)C)CC[C@@H]43)C2)ccc2c3c(c(=O)oc12)CCC3. The average molecular weight is 643 g/mol. The van der Waals surface area contributed by atoms with Crippen molar-refractivity contribution in [1.82, 2.24) is 0 Å². The van der Waals surface area contributed by atoms with Gasteiger partial charge in [-0.25, -0.2) is 9.59 Å². The zero-order valence-corrected chi connectivity index (χ0v) is 29.9. The van der Waals surface area contributed by atoms with Crippen LogP contribution in [0.25, 0.3) is 11.0 Å². The largest absolute Gasteiger partial charge is 0.481 e. The first-order valence-electron chi connectivity index (χ1n) is 19.1. The monoisotopic (exact) mass is 642 g/mol. The highest BCUT2D eigenvalue weighted by molar-refractivity contribution is 5.86. The summed E-state index contributed by atoms with van der Waals surface area (Å²) in [6, 6.07) is 3.86. The molecule has 0 unspecified atom stereocenters. The fourth-order valence-electron chi connectivity index (χ4n) is 11.7. The van der Waals surface area contributed by atoms with E-state index in [1.165, 1.54) is 56.9 Å². The minimum atomic E-state index is -0.323. The predicted molar refractivity (Wildman–Crippen MR) is 188 cm³/mol. The molecule has 0 radical (unpaired) electrons. The van der Waals surface area contributed by atoms with Crippen molar-refractivity contribution in [3.05, 3.63) is 50.9 Å². The molecule has 8 atom stereocenters. The molecule has 2 aromatic rings. The molecule has 0 aliphatic heterocycles. The van der Waals surface area contributed by atoms with Gasteiger partial charge in [-0.15, -0.1) is 0 Å². The number of benzene rings is 1. The summed E-state index contributed by atoms with van der Waals surface area (Å²) in [6.07, 6.45) is 19.0. The summed E-state index contributed by atoms with van der Waals surface area (Å²) < 4.78 is 17.7. The number of esters is 1. The van der Waals surface area contributed by atoms with E-state index in [1.54, 1.807) is 0 Å². The summed E-state index contributed by atoms with van der Waals surface area (Å²) in [5.41, 5.74) is 5.28. The number of aryl methyl sites for hydroxylation is 2. The van der Waals surface area contributed by atoms with Crippen molar-refractivity contribution in [2.45, 2.75) is 138 Å². The van der Waals surface area contributed by atoms with E-state index < -0.39 is 0 Å². The van der Waals surface area contributed by atoms with Gasteiger partial charge in [0.15, 0.2) is 6.61 Å². The molecule has 1 aromatic heterocycles. The first-order chi connectivity index (χ1) is 22.5. The van der Waals surface area contributed by atoms with Gasteiger partial charge in [-0.2, -0.15) is 0 Å². The van der Waals surface area contributed by atoms with E-state index in [1.807, 2.05) is 19.1 Å². The lowest BCUT2D eigenvalue weighted by molar-refractivity contribution is -0.153. The van der Waals surface area contributed by atoms with Gasteiger partial charge in [0.1, 0.15) is 17.4 Å². The number of hydrogen-bond acceptors (Lipinski definition) is 5. The van der Waals surface area contributed by atoms with Gasteiger partial charge in [-0.3, -0.25) is 0 Å². The molecule has 3 saturated carbocycles. The Hall–Kier alpha value is -2.56. The van der Waals surface area contributed by atoms with Gasteiger partial charge < -0.3 is 13.9 Å². The van der Waals surface area contributed by atoms with Gasteiger partial charge in [0.05, 0.1) is 0 Å². The van der Waals surface area contributed by atoms with Crippen LogP contribution in [0.15, 0.2) is 33.0 Å². The van der Waals surface area contributed by atoms with E-state index >= 15 is 0 Å². The Bertz CT molecular complexity index is 1600. The van der Waals surface area contributed by atoms with Crippen LogP contribution in [-0.4, -0.2) is 18.7 Å². The molecule has 5 nitrogen and oxygen atoms in total. The van der Waals surface area contributed by atoms with E-state index in [2.05, 4.69) is 40.7 Å². The smallest absolute Gasteiger partial charge is 0.344 e. The van der Waals surface area contributed by atoms with Gasteiger partial charge in [0, 0.05) is 22.9 Å². The van der Waals surface area contributed by atoms with Gasteiger partial charge in [0.2, 0.25) is 0 Å². The molecule has 0 N–H and O–H groups in total. The number of hydrogen-bond donors (Lipinski definition) is 0. The van der Waals surface area contributed by atoms with E-state index in [0.717, 1.165) is 96.1 Å². The molecule has 3 fully saturated rings. The van der Waals surface area contributed by atoms with Gasteiger partial charge >= 0.3 is 11.6 Å². The lowest BCUT2D eigenvalue weighted by Gasteiger charge is -2.58. The highest BCUT2D eigenvalue weighted by Crippen LogP contribution is 2.67. The van der Waals surface area contributed by atoms with Crippen molar-refractivity contribution in [3.63, 3.8) is 0 Å². The van der Waals surface area contributed by atoms with Crippen molar-refractivity contribution in [2.75, 3.05) is 6.61 Å². The maximum absolute atomic E-state index is 13.0. The van der Waals surface area contributed by atoms with Gasteiger partial charge in [0.25, 0.3) is 0 Å². The highest BCUT2D eigenvalue weighted by Gasteiger charge is 2.59. The molecule has 1 heterocycles. The molecular weight excluding hydrogens is 584 g/mol. The number of carbonyl (C=O) groups excluding carboxylic acids is 1. The number of fused-ring (bicyclic) bond motifs is 8. The van der Waals surface area contributed by atoms with E-state index in [-0.39, 0.29) is 29.7 Å². The number of ether oxygens (including phenoxy) is 2. The quantitative estimate of drug-likeness (QED) is 0.155. The van der Waals surface area contributed by atoms with Crippen molar-refractivity contribution in [3.8, 4) is 5.75 Å². The molecule has 256 valence electrons. The van der Waals surface area contributed by atoms with Crippen LogP contribution in [0.4, 0.5) is 0 Å². The standard InChI is InChI=1S/C42H58O5/c1-25(2)9-7-10-26(3)34-16-17-35-33-14-13-28-23-29(19-21-41(28,5)36(33)20-22-42(34,35)6)46-38(43)24-45-37-18-15-31-30-11-8-12-32(30)40(44)47-39(31)27(37)4/h13,15,18,25-26,29,33-36H,7-12,14,16-17,19-24H2,1-6H3/t26-,29+,33+,34-,35+,36-,41+,42-/m1/s1. The maximum Gasteiger partial charge on any atom is 0.344 e. The first-order valence-corrected chi connectivity index (χ1v) is 19.1. The topological polar surface area (TPSA) is 65.7 Å². The van der Waals surface area contributed by atoms with Gasteiger partial charge in [-0.1, -0.05) is 65.5 Å². The van der Waals surface area contributed by atoms with Crippen LogP contribution < -0.4 is 10.4 Å². The third-order valence-corrected chi connectivity index (χ3v) is 14.2. The fraction of sp³-hybridized carbons (Fsp3) is 0.714. The van der Waals surface area contributed by atoms with Crippen LogP contribution in [0.2, 0.25) is 0 Å². The maximum atomic E-state index is 13.0. The molecular formula is C42H58O5. The Labute approximate surface area is 282 Å². The van der Waals surface area contributed by atoms with Gasteiger partial charge in [-0.05, 0) is 135 Å². The molecule has 47 heavy (non-hydrogen) atoms. The third-order valence-electron chi connectivity index (χ3n) is 14.2. The van der Waals surface area contributed by atoms with Crippen molar-refractivity contribution >= 4 is 16.9 Å². The molecule has 5 aliphatic rings. The summed E-state index contributed by atoms with van der Waals surface area (Å²) in [7, 11) is 0. The minimum Gasteiger partial charge on any atom is -0.481 e. The van der Waals surface area contributed by atoms with E-state index in [9.17, 15) is 9.59 Å². The lowest BCUT2D eigenvalue weighted by Crippen LogP contribution is -2.51. The summed E-state index contributed by atoms with van der Waals surface area (Å²) in [5, 5.41) is 0.986. The molecule has 0 spiro atoms. The zero-order valence-electron chi connectivity index (χ0n) is 29.9. The Kier molecular flexibility index (Phi) is 8.92. The van der Waals surface area contributed by atoms with Crippen LogP contribution in [0.5, 0.6) is 5.75 Å². The second kappa shape index (κ2) is 12.7. The van der Waals surface area contributed by atoms with E-state index in [4.69, 9.17) is 13.9 Å². The van der Waals surface area contributed by atoms with Crippen molar-refractivity contribution in [1.29, 1.82) is 0 Å². The second-order valence-electron chi connectivity index (χ2n) is 17.2. The molecule has 0 saturated heterocycles.